The Bertz CT molecular complexity index is 2640. The highest BCUT2D eigenvalue weighted by Crippen LogP contribution is 2.46. The van der Waals surface area contributed by atoms with Crippen LogP contribution in [0.2, 0.25) is 0 Å². The second-order valence-corrected chi connectivity index (χ2v) is 17.6. The molecule has 9 rings (SSSR count). The maximum atomic E-state index is 6.08. The lowest BCUT2D eigenvalue weighted by Gasteiger charge is -2.24. The van der Waals surface area contributed by atoms with Gasteiger partial charge in [0.1, 0.15) is 0 Å². The molecule has 0 unspecified atom stereocenters. The van der Waals surface area contributed by atoms with Gasteiger partial charge in [-0.2, -0.15) is 0 Å². The molecule has 0 radical (unpaired) electrons. The van der Waals surface area contributed by atoms with Crippen molar-refractivity contribution in [3.63, 3.8) is 0 Å². The Hall–Kier alpha value is -6.64. The zero-order chi connectivity index (χ0) is 43.1. The summed E-state index contributed by atoms with van der Waals surface area (Å²) in [4.78, 5) is 12.2. The van der Waals surface area contributed by atoms with Gasteiger partial charge in [-0.15, -0.1) is 0 Å². The molecule has 0 N–H and O–H groups in total. The van der Waals surface area contributed by atoms with E-state index in [2.05, 4.69) is 225 Å². The molecular formula is C60H56N2. The van der Waals surface area contributed by atoms with Crippen LogP contribution in [0.3, 0.4) is 0 Å². The Morgan fingerprint density at radius 1 is 0.339 bits per heavy atom. The fourth-order valence-corrected chi connectivity index (χ4v) is 9.85. The first-order valence-electron chi connectivity index (χ1n) is 22.3. The first-order chi connectivity index (χ1) is 30.1. The van der Waals surface area contributed by atoms with Gasteiger partial charge in [0.15, 0.2) is 0 Å². The van der Waals surface area contributed by atoms with Gasteiger partial charge in [0.2, 0.25) is 0 Å². The Morgan fingerprint density at radius 3 is 0.887 bits per heavy atom. The molecule has 0 heterocycles. The highest BCUT2D eigenvalue weighted by Gasteiger charge is 2.33. The SMILES string of the molecule is Cc1cc([C@H](C)c2ccccc2)c(/N=C2/C(=N/c3c([C@H](C)c4ccccc4)cc(C)cc3[C@H](C)c3ccccc3)c3c(C)ccc4ccc(C)c2c34)c([C@H](C)c2ccccc2)c1. The van der Waals surface area contributed by atoms with Crippen LogP contribution in [0.5, 0.6) is 0 Å². The third-order valence-electron chi connectivity index (χ3n) is 13.4. The summed E-state index contributed by atoms with van der Waals surface area (Å²) in [5, 5.41) is 2.45. The zero-order valence-electron chi connectivity index (χ0n) is 37.4. The van der Waals surface area contributed by atoms with Gasteiger partial charge in [-0.3, -0.25) is 0 Å². The number of nitrogens with zero attached hydrogens (tertiary/aromatic N) is 2. The molecule has 0 spiro atoms. The number of rotatable bonds is 10. The van der Waals surface area contributed by atoms with Crippen molar-refractivity contribution in [1.29, 1.82) is 0 Å². The van der Waals surface area contributed by atoms with E-state index in [0.29, 0.717) is 0 Å². The van der Waals surface area contributed by atoms with Crippen LogP contribution in [0.25, 0.3) is 10.8 Å². The van der Waals surface area contributed by atoms with Crippen LogP contribution in [0.1, 0.15) is 129 Å². The fraction of sp³-hybridized carbons (Fsp3) is 0.200. The molecule has 8 aromatic rings. The largest absolute Gasteiger partial charge is 0.245 e. The fourth-order valence-electron chi connectivity index (χ4n) is 9.85. The molecule has 0 aliphatic heterocycles. The molecule has 1 aliphatic rings. The van der Waals surface area contributed by atoms with Crippen LogP contribution in [0, 0.1) is 27.7 Å². The number of hydrogen-bond acceptors (Lipinski definition) is 2. The zero-order valence-corrected chi connectivity index (χ0v) is 37.4. The molecule has 0 saturated heterocycles. The maximum Gasteiger partial charge on any atom is 0.0981 e. The third kappa shape index (κ3) is 7.53. The number of benzene rings is 8. The molecular weight excluding hydrogens is 749 g/mol. The van der Waals surface area contributed by atoms with Gasteiger partial charge >= 0.3 is 0 Å². The molecule has 0 bridgehead atoms. The number of hydrogen-bond donors (Lipinski definition) is 0. The van der Waals surface area contributed by atoms with E-state index in [0.717, 1.165) is 22.8 Å². The van der Waals surface area contributed by atoms with Crippen molar-refractivity contribution in [1.82, 2.24) is 0 Å². The molecule has 8 aromatic carbocycles. The predicted octanol–water partition coefficient (Wildman–Crippen LogP) is 15.9. The minimum absolute atomic E-state index is 0.105. The van der Waals surface area contributed by atoms with E-state index in [9.17, 15) is 0 Å². The summed E-state index contributed by atoms with van der Waals surface area (Å²) in [6.07, 6.45) is 0. The monoisotopic (exact) mass is 804 g/mol. The van der Waals surface area contributed by atoms with Crippen molar-refractivity contribution in [2.24, 2.45) is 9.98 Å². The second-order valence-electron chi connectivity index (χ2n) is 17.6. The van der Waals surface area contributed by atoms with Crippen LogP contribution in [-0.4, -0.2) is 11.4 Å². The average molecular weight is 805 g/mol. The Balaban J connectivity index is 1.39. The van der Waals surface area contributed by atoms with Crippen LogP contribution in [-0.2, 0) is 0 Å². The van der Waals surface area contributed by atoms with E-state index in [4.69, 9.17) is 9.98 Å². The number of aliphatic imine (C=N–C) groups is 2. The van der Waals surface area contributed by atoms with Crippen LogP contribution in [0.15, 0.2) is 180 Å². The van der Waals surface area contributed by atoms with Gasteiger partial charge in [-0.1, -0.05) is 209 Å². The average Bonchev–Trinajstić information content (AvgIpc) is 3.64. The van der Waals surface area contributed by atoms with Crippen molar-refractivity contribution in [2.45, 2.75) is 79.1 Å². The van der Waals surface area contributed by atoms with E-state index >= 15 is 0 Å². The van der Waals surface area contributed by atoms with E-state index in [-0.39, 0.29) is 23.7 Å². The predicted molar refractivity (Wildman–Crippen MR) is 264 cm³/mol. The van der Waals surface area contributed by atoms with Crippen LogP contribution < -0.4 is 0 Å². The number of aryl methyl sites for hydroxylation is 4. The first-order valence-corrected chi connectivity index (χ1v) is 22.3. The lowest BCUT2D eigenvalue weighted by atomic mass is 9.84. The molecule has 2 heteroatoms. The summed E-state index contributed by atoms with van der Waals surface area (Å²) in [7, 11) is 0. The van der Waals surface area contributed by atoms with Gasteiger partial charge in [0.25, 0.3) is 0 Å². The summed E-state index contributed by atoms with van der Waals surface area (Å²) in [5.41, 5.74) is 21.2. The minimum Gasteiger partial charge on any atom is -0.245 e. The van der Waals surface area contributed by atoms with Gasteiger partial charge in [0.05, 0.1) is 22.8 Å². The summed E-state index contributed by atoms with van der Waals surface area (Å²) in [6.45, 7) is 18.3. The van der Waals surface area contributed by atoms with Gasteiger partial charge in [-0.25, -0.2) is 9.98 Å². The van der Waals surface area contributed by atoms with E-state index in [1.165, 1.54) is 88.7 Å². The Kier molecular flexibility index (Phi) is 11.2. The van der Waals surface area contributed by atoms with Crippen molar-refractivity contribution in [3.8, 4) is 0 Å². The quantitative estimate of drug-likeness (QED) is 0.132. The normalized spacial score (nSPS) is 15.5. The smallest absolute Gasteiger partial charge is 0.0981 e. The molecule has 0 aromatic heterocycles. The molecule has 0 fully saturated rings. The molecule has 62 heavy (non-hydrogen) atoms. The first kappa shape index (κ1) is 40.7. The van der Waals surface area contributed by atoms with Crippen LogP contribution >= 0.6 is 0 Å². The third-order valence-corrected chi connectivity index (χ3v) is 13.4. The molecule has 1 aliphatic carbocycles. The molecule has 0 saturated carbocycles. The minimum atomic E-state index is 0.105. The lowest BCUT2D eigenvalue weighted by molar-refractivity contribution is 0.883. The summed E-state index contributed by atoms with van der Waals surface area (Å²) < 4.78 is 0. The van der Waals surface area contributed by atoms with Crippen molar-refractivity contribution >= 4 is 33.6 Å². The van der Waals surface area contributed by atoms with Crippen LogP contribution in [0.4, 0.5) is 11.4 Å². The summed E-state index contributed by atoms with van der Waals surface area (Å²) >= 11 is 0. The summed E-state index contributed by atoms with van der Waals surface area (Å²) in [6, 6.07) is 62.1. The Morgan fingerprint density at radius 2 is 0.613 bits per heavy atom. The van der Waals surface area contributed by atoms with E-state index in [1.807, 2.05) is 0 Å². The van der Waals surface area contributed by atoms with Gasteiger partial charge < -0.3 is 0 Å². The van der Waals surface area contributed by atoms with Gasteiger partial charge in [-0.05, 0) is 88.7 Å². The molecule has 4 atom stereocenters. The lowest BCUT2D eigenvalue weighted by Crippen LogP contribution is -2.14. The van der Waals surface area contributed by atoms with E-state index < -0.39 is 0 Å². The molecule has 2 nitrogen and oxygen atoms in total. The van der Waals surface area contributed by atoms with Crippen molar-refractivity contribution in [3.05, 3.63) is 248 Å². The highest BCUT2D eigenvalue weighted by atomic mass is 14.9. The van der Waals surface area contributed by atoms with Crippen molar-refractivity contribution in [2.75, 3.05) is 0 Å². The topological polar surface area (TPSA) is 24.7 Å². The summed E-state index contributed by atoms with van der Waals surface area (Å²) in [5.74, 6) is 0.421. The standard InChI is InChI=1S/C60H56N2/c1-37-33-50(41(5)45-21-13-9-14-22-45)57(51(34-37)42(6)46-23-15-10-16-24-46)61-59-54-39(3)29-31-49-32-30-40(4)55(56(49)54)60(59)62-58-52(43(7)47-25-17-11-18-26-47)35-38(2)36-53(58)44(8)48-27-19-12-20-28-48/h9-36,41-44H,1-8H3/b61-59+,62-60+/t41-,42-,43-,44-/m1/s1. The Labute approximate surface area is 368 Å². The second kappa shape index (κ2) is 17.0. The highest BCUT2D eigenvalue weighted by molar-refractivity contribution is 6.62. The molecule has 0 amide bonds. The molecule has 306 valence electrons. The van der Waals surface area contributed by atoms with E-state index in [1.54, 1.807) is 0 Å². The van der Waals surface area contributed by atoms with Crippen molar-refractivity contribution < 1.29 is 0 Å². The maximum absolute atomic E-state index is 6.08. The van der Waals surface area contributed by atoms with Gasteiger partial charge in [0, 0.05) is 40.2 Å².